The average molecular weight is 282 g/mol. The molecule has 1 aliphatic heterocycles. The molecule has 1 heterocycles. The maximum atomic E-state index is 11.9. The van der Waals surface area contributed by atoms with E-state index in [1.54, 1.807) is 18.2 Å². The molecule has 2 aromatic rings. The van der Waals surface area contributed by atoms with E-state index in [-0.39, 0.29) is 0 Å². The van der Waals surface area contributed by atoms with Crippen molar-refractivity contribution in [3.63, 3.8) is 0 Å². The SMILES string of the molecule is COC(=O)C(=O)c1ccc2c(c1)Cc1ccccc1CO2. The quantitative estimate of drug-likeness (QED) is 0.482. The summed E-state index contributed by atoms with van der Waals surface area (Å²) >= 11 is 0. The van der Waals surface area contributed by atoms with E-state index < -0.39 is 11.8 Å². The van der Waals surface area contributed by atoms with Crippen molar-refractivity contribution in [3.05, 3.63) is 64.7 Å². The minimum Gasteiger partial charge on any atom is -0.489 e. The maximum absolute atomic E-state index is 11.9. The van der Waals surface area contributed by atoms with Crippen LogP contribution in [0.5, 0.6) is 5.75 Å². The van der Waals surface area contributed by atoms with Crippen LogP contribution in [0.4, 0.5) is 0 Å². The van der Waals surface area contributed by atoms with Gasteiger partial charge in [-0.2, -0.15) is 0 Å². The Morgan fingerprint density at radius 2 is 1.81 bits per heavy atom. The molecule has 3 rings (SSSR count). The largest absolute Gasteiger partial charge is 0.489 e. The third-order valence-electron chi connectivity index (χ3n) is 3.58. The fourth-order valence-electron chi connectivity index (χ4n) is 2.44. The molecule has 2 aromatic carbocycles. The first-order valence-corrected chi connectivity index (χ1v) is 6.64. The summed E-state index contributed by atoms with van der Waals surface area (Å²) in [4.78, 5) is 23.2. The highest BCUT2D eigenvalue weighted by Crippen LogP contribution is 2.29. The molecule has 0 saturated heterocycles. The van der Waals surface area contributed by atoms with Crippen molar-refractivity contribution in [1.29, 1.82) is 0 Å². The number of hydrogen-bond acceptors (Lipinski definition) is 4. The molecule has 0 unspecified atom stereocenters. The Morgan fingerprint density at radius 1 is 1.05 bits per heavy atom. The van der Waals surface area contributed by atoms with E-state index >= 15 is 0 Å². The summed E-state index contributed by atoms with van der Waals surface area (Å²) in [5.41, 5.74) is 3.52. The van der Waals surface area contributed by atoms with Crippen LogP contribution in [0.3, 0.4) is 0 Å². The number of ketones is 1. The second kappa shape index (κ2) is 5.40. The topological polar surface area (TPSA) is 52.6 Å². The van der Waals surface area contributed by atoms with Gasteiger partial charge in [-0.15, -0.1) is 0 Å². The first kappa shape index (κ1) is 13.4. The van der Waals surface area contributed by atoms with Crippen LogP contribution >= 0.6 is 0 Å². The van der Waals surface area contributed by atoms with Crippen LogP contribution in [-0.4, -0.2) is 18.9 Å². The van der Waals surface area contributed by atoms with E-state index in [2.05, 4.69) is 4.74 Å². The Balaban J connectivity index is 1.98. The number of carbonyl (C=O) groups is 2. The highest BCUT2D eigenvalue weighted by Gasteiger charge is 2.20. The van der Waals surface area contributed by atoms with Crippen LogP contribution in [0, 0.1) is 0 Å². The number of rotatable bonds is 2. The smallest absolute Gasteiger partial charge is 0.379 e. The monoisotopic (exact) mass is 282 g/mol. The lowest BCUT2D eigenvalue weighted by Gasteiger charge is -2.08. The first-order valence-electron chi connectivity index (χ1n) is 6.64. The summed E-state index contributed by atoms with van der Waals surface area (Å²) in [5.74, 6) is -0.754. The fourth-order valence-corrected chi connectivity index (χ4v) is 2.44. The van der Waals surface area contributed by atoms with Gasteiger partial charge >= 0.3 is 5.97 Å². The predicted octanol–water partition coefficient (Wildman–Crippen LogP) is 2.53. The van der Waals surface area contributed by atoms with Gasteiger partial charge in [-0.1, -0.05) is 24.3 Å². The molecule has 0 bridgehead atoms. The molecule has 0 radical (unpaired) electrons. The summed E-state index contributed by atoms with van der Waals surface area (Å²) in [6.45, 7) is 0.507. The van der Waals surface area contributed by atoms with Crippen molar-refractivity contribution >= 4 is 11.8 Å². The summed E-state index contributed by atoms with van der Waals surface area (Å²) < 4.78 is 10.2. The molecular weight excluding hydrogens is 268 g/mol. The summed E-state index contributed by atoms with van der Waals surface area (Å²) in [7, 11) is 1.20. The van der Waals surface area contributed by atoms with Gasteiger partial charge < -0.3 is 9.47 Å². The third-order valence-corrected chi connectivity index (χ3v) is 3.58. The molecular formula is C17H14O4. The molecule has 4 heteroatoms. The number of methoxy groups -OCH3 is 1. The summed E-state index contributed by atoms with van der Waals surface area (Å²) in [6.07, 6.45) is 0.674. The van der Waals surface area contributed by atoms with Gasteiger partial charge in [0.2, 0.25) is 0 Å². The number of carbonyl (C=O) groups excluding carboxylic acids is 2. The highest BCUT2D eigenvalue weighted by atomic mass is 16.5. The average Bonchev–Trinajstić information content (AvgIpc) is 2.71. The Kier molecular flexibility index (Phi) is 3.44. The van der Waals surface area contributed by atoms with Crippen LogP contribution in [0.1, 0.15) is 27.0 Å². The van der Waals surface area contributed by atoms with E-state index in [0.29, 0.717) is 18.6 Å². The molecule has 0 amide bonds. The standard InChI is InChI=1S/C17H14O4/c1-20-17(19)16(18)12-6-7-15-14(9-12)8-11-4-2-3-5-13(11)10-21-15/h2-7,9H,8,10H2,1H3. The number of hydrogen-bond donors (Lipinski definition) is 0. The van der Waals surface area contributed by atoms with E-state index in [0.717, 1.165) is 16.9 Å². The molecule has 0 fully saturated rings. The van der Waals surface area contributed by atoms with Crippen molar-refractivity contribution in [1.82, 2.24) is 0 Å². The number of esters is 1. The Bertz CT molecular complexity index is 718. The van der Waals surface area contributed by atoms with E-state index in [1.807, 2.05) is 24.3 Å². The lowest BCUT2D eigenvalue weighted by Crippen LogP contribution is -2.15. The number of benzene rings is 2. The molecule has 4 nitrogen and oxygen atoms in total. The van der Waals surface area contributed by atoms with Gasteiger partial charge in [0.1, 0.15) is 12.4 Å². The van der Waals surface area contributed by atoms with Crippen molar-refractivity contribution in [3.8, 4) is 5.75 Å². The molecule has 0 saturated carbocycles. The molecule has 0 aliphatic carbocycles. The Hall–Kier alpha value is -2.62. The Morgan fingerprint density at radius 3 is 2.57 bits per heavy atom. The second-order valence-corrected chi connectivity index (χ2v) is 4.88. The molecule has 0 spiro atoms. The molecule has 21 heavy (non-hydrogen) atoms. The minimum absolute atomic E-state index is 0.323. The van der Waals surface area contributed by atoms with Crippen molar-refractivity contribution < 1.29 is 19.1 Å². The zero-order valence-corrected chi connectivity index (χ0v) is 11.6. The van der Waals surface area contributed by atoms with Gasteiger partial charge in [0.05, 0.1) is 7.11 Å². The van der Waals surface area contributed by atoms with Crippen molar-refractivity contribution in [2.75, 3.05) is 7.11 Å². The zero-order valence-electron chi connectivity index (χ0n) is 11.6. The van der Waals surface area contributed by atoms with Gasteiger partial charge in [0, 0.05) is 12.0 Å². The van der Waals surface area contributed by atoms with Gasteiger partial charge in [-0.05, 0) is 34.9 Å². The van der Waals surface area contributed by atoms with Crippen LogP contribution in [0.25, 0.3) is 0 Å². The lowest BCUT2D eigenvalue weighted by molar-refractivity contribution is -0.135. The molecule has 0 aromatic heterocycles. The predicted molar refractivity (Wildman–Crippen MR) is 76.4 cm³/mol. The second-order valence-electron chi connectivity index (χ2n) is 4.88. The van der Waals surface area contributed by atoms with E-state index in [4.69, 9.17) is 4.74 Å². The zero-order chi connectivity index (χ0) is 14.8. The number of ether oxygens (including phenoxy) is 2. The summed E-state index contributed by atoms with van der Waals surface area (Å²) in [6, 6.07) is 13.1. The van der Waals surface area contributed by atoms with Crippen molar-refractivity contribution in [2.24, 2.45) is 0 Å². The van der Waals surface area contributed by atoms with Crippen LogP contribution in [0.15, 0.2) is 42.5 Å². The van der Waals surface area contributed by atoms with Gasteiger partial charge in [0.25, 0.3) is 5.78 Å². The lowest BCUT2D eigenvalue weighted by atomic mass is 9.98. The first-order chi connectivity index (χ1) is 10.2. The third kappa shape index (κ3) is 2.52. The normalized spacial score (nSPS) is 12.4. The van der Waals surface area contributed by atoms with E-state index in [1.165, 1.54) is 12.7 Å². The highest BCUT2D eigenvalue weighted by molar-refractivity contribution is 6.40. The molecule has 0 atom stereocenters. The van der Waals surface area contributed by atoms with Gasteiger partial charge in [-0.25, -0.2) is 4.79 Å². The van der Waals surface area contributed by atoms with Crippen LogP contribution < -0.4 is 4.74 Å². The van der Waals surface area contributed by atoms with Crippen molar-refractivity contribution in [2.45, 2.75) is 13.0 Å². The Labute approximate surface area is 122 Å². The van der Waals surface area contributed by atoms with Crippen LogP contribution in [-0.2, 0) is 22.6 Å². The molecule has 1 aliphatic rings. The maximum Gasteiger partial charge on any atom is 0.379 e. The minimum atomic E-state index is -0.857. The summed E-state index contributed by atoms with van der Waals surface area (Å²) in [5, 5.41) is 0. The van der Waals surface area contributed by atoms with Gasteiger partial charge in [0.15, 0.2) is 0 Å². The van der Waals surface area contributed by atoms with Crippen LogP contribution in [0.2, 0.25) is 0 Å². The van der Waals surface area contributed by atoms with Gasteiger partial charge in [-0.3, -0.25) is 4.79 Å². The van der Waals surface area contributed by atoms with E-state index in [9.17, 15) is 9.59 Å². The molecule has 0 N–H and O–H groups in total. The number of fused-ring (bicyclic) bond motifs is 2. The number of Topliss-reactive ketones (excluding diaryl/α,β-unsaturated/α-hetero) is 1. The molecule has 106 valence electrons. The fraction of sp³-hybridized carbons (Fsp3) is 0.176.